The minimum absolute atomic E-state index is 1.06. The van der Waals surface area contributed by atoms with Crippen LogP contribution in [0.5, 0.6) is 0 Å². The third-order valence-corrected chi connectivity index (χ3v) is 3.98. The Morgan fingerprint density at radius 1 is 0.800 bits per heavy atom. The van der Waals surface area contributed by atoms with E-state index in [1.807, 2.05) is 23.0 Å². The fourth-order valence-corrected chi connectivity index (χ4v) is 2.92. The summed E-state index contributed by atoms with van der Waals surface area (Å²) in [5.41, 5.74) is 2.19. The van der Waals surface area contributed by atoms with E-state index < -0.39 is 0 Å². The number of aromatic nitrogens is 2. The lowest BCUT2D eigenvalue weighted by Crippen LogP contribution is -1.95. The lowest BCUT2D eigenvalue weighted by atomic mass is 10.1. The highest BCUT2D eigenvalue weighted by atomic mass is 79.9. The Hall–Kier alpha value is -2.13. The molecular weight excluding hydrogens is 312 g/mol. The van der Waals surface area contributed by atoms with Crippen molar-refractivity contribution >= 4 is 37.6 Å². The molecule has 96 valence electrons. The zero-order valence-corrected chi connectivity index (χ0v) is 12.2. The van der Waals surface area contributed by atoms with Crippen LogP contribution in [0.3, 0.4) is 0 Å². The number of fused-ring (bicyclic) bond motifs is 2. The van der Waals surface area contributed by atoms with E-state index >= 15 is 0 Å². The molecule has 1 heterocycles. The number of rotatable bonds is 1. The van der Waals surface area contributed by atoms with Crippen LogP contribution in [0.1, 0.15) is 0 Å². The average molecular weight is 323 g/mol. The first kappa shape index (κ1) is 11.7. The zero-order chi connectivity index (χ0) is 13.5. The van der Waals surface area contributed by atoms with E-state index in [0.29, 0.717) is 0 Å². The first-order valence-corrected chi connectivity index (χ1v) is 7.23. The standard InChI is InChI=1S/C17H11BrN2/c18-15-6-3-7-16(10-15)20-17-9-13-5-2-1-4-12(13)8-14(17)11-19-20/h1-11H. The van der Waals surface area contributed by atoms with E-state index in [1.165, 1.54) is 10.8 Å². The van der Waals surface area contributed by atoms with Gasteiger partial charge in [-0.3, -0.25) is 0 Å². The molecule has 0 fully saturated rings. The molecule has 0 N–H and O–H groups in total. The largest absolute Gasteiger partial charge is 0.233 e. The molecule has 0 aliphatic rings. The predicted octanol–water partition coefficient (Wildman–Crippen LogP) is 4.94. The zero-order valence-electron chi connectivity index (χ0n) is 10.6. The van der Waals surface area contributed by atoms with Crippen LogP contribution >= 0.6 is 15.9 Å². The summed E-state index contributed by atoms with van der Waals surface area (Å²) in [4.78, 5) is 0. The number of nitrogens with zero attached hydrogens (tertiary/aromatic N) is 2. The van der Waals surface area contributed by atoms with Gasteiger partial charge in [-0.1, -0.05) is 46.3 Å². The summed E-state index contributed by atoms with van der Waals surface area (Å²) >= 11 is 3.51. The van der Waals surface area contributed by atoms with Crippen molar-refractivity contribution in [3.05, 3.63) is 71.3 Å². The third-order valence-electron chi connectivity index (χ3n) is 3.49. The summed E-state index contributed by atoms with van der Waals surface area (Å²) in [5.74, 6) is 0. The fourth-order valence-electron chi connectivity index (χ4n) is 2.53. The van der Waals surface area contributed by atoms with E-state index in [-0.39, 0.29) is 0 Å². The van der Waals surface area contributed by atoms with E-state index in [0.717, 1.165) is 21.1 Å². The molecule has 0 bridgehead atoms. The number of halogens is 1. The Balaban J connectivity index is 2.03. The van der Waals surface area contributed by atoms with Crippen molar-refractivity contribution in [1.29, 1.82) is 0 Å². The van der Waals surface area contributed by atoms with Crippen LogP contribution < -0.4 is 0 Å². The van der Waals surface area contributed by atoms with Crippen LogP contribution in [0.25, 0.3) is 27.4 Å². The molecule has 0 atom stereocenters. The van der Waals surface area contributed by atoms with Crippen LogP contribution in [-0.2, 0) is 0 Å². The van der Waals surface area contributed by atoms with Gasteiger partial charge in [0.25, 0.3) is 0 Å². The maximum Gasteiger partial charge on any atom is 0.0747 e. The Morgan fingerprint density at radius 2 is 1.60 bits per heavy atom. The van der Waals surface area contributed by atoms with Gasteiger partial charge in [-0.05, 0) is 41.1 Å². The molecule has 0 unspecified atom stereocenters. The van der Waals surface area contributed by atoms with Crippen molar-refractivity contribution in [2.45, 2.75) is 0 Å². The second-order valence-electron chi connectivity index (χ2n) is 4.79. The minimum atomic E-state index is 1.06. The van der Waals surface area contributed by atoms with Crippen molar-refractivity contribution in [3.63, 3.8) is 0 Å². The second kappa shape index (κ2) is 4.46. The molecule has 1 aromatic heterocycles. The third kappa shape index (κ3) is 1.82. The van der Waals surface area contributed by atoms with Crippen LogP contribution in [0.15, 0.2) is 71.3 Å². The Morgan fingerprint density at radius 3 is 2.40 bits per heavy atom. The maximum absolute atomic E-state index is 4.53. The van der Waals surface area contributed by atoms with Gasteiger partial charge in [0.05, 0.1) is 17.4 Å². The van der Waals surface area contributed by atoms with Crippen LogP contribution in [0.4, 0.5) is 0 Å². The molecule has 0 spiro atoms. The summed E-state index contributed by atoms with van der Waals surface area (Å²) < 4.78 is 3.03. The highest BCUT2D eigenvalue weighted by Gasteiger charge is 2.06. The quantitative estimate of drug-likeness (QED) is 0.485. The topological polar surface area (TPSA) is 17.8 Å². The molecule has 3 aromatic carbocycles. The van der Waals surface area contributed by atoms with Gasteiger partial charge in [-0.15, -0.1) is 0 Å². The number of benzene rings is 3. The molecular formula is C17H11BrN2. The normalized spacial score (nSPS) is 11.2. The first-order chi connectivity index (χ1) is 9.81. The smallest absolute Gasteiger partial charge is 0.0747 e. The fraction of sp³-hybridized carbons (Fsp3) is 0. The SMILES string of the molecule is Brc1cccc(-n2ncc3cc4ccccc4cc32)c1. The van der Waals surface area contributed by atoms with Crippen LogP contribution in [0, 0.1) is 0 Å². The van der Waals surface area contributed by atoms with Gasteiger partial charge in [0.1, 0.15) is 0 Å². The van der Waals surface area contributed by atoms with Crippen LogP contribution in [0.2, 0.25) is 0 Å². The van der Waals surface area contributed by atoms with Gasteiger partial charge >= 0.3 is 0 Å². The van der Waals surface area contributed by atoms with E-state index in [1.54, 1.807) is 0 Å². The highest BCUT2D eigenvalue weighted by Crippen LogP contribution is 2.25. The molecule has 3 heteroatoms. The van der Waals surface area contributed by atoms with Crippen molar-refractivity contribution in [3.8, 4) is 5.69 Å². The van der Waals surface area contributed by atoms with Crippen molar-refractivity contribution < 1.29 is 0 Å². The molecule has 0 aliphatic carbocycles. The van der Waals surface area contributed by atoms with Gasteiger partial charge in [-0.2, -0.15) is 5.10 Å². The number of hydrogen-bond donors (Lipinski definition) is 0. The Labute approximate surface area is 124 Å². The lowest BCUT2D eigenvalue weighted by molar-refractivity contribution is 0.910. The van der Waals surface area contributed by atoms with E-state index in [9.17, 15) is 0 Å². The van der Waals surface area contributed by atoms with Gasteiger partial charge in [0.15, 0.2) is 0 Å². The molecule has 20 heavy (non-hydrogen) atoms. The summed E-state index contributed by atoms with van der Waals surface area (Å²) in [5, 5.41) is 8.16. The van der Waals surface area contributed by atoms with Gasteiger partial charge in [0, 0.05) is 9.86 Å². The van der Waals surface area contributed by atoms with Crippen LogP contribution in [-0.4, -0.2) is 9.78 Å². The maximum atomic E-state index is 4.53. The molecule has 0 saturated heterocycles. The molecule has 4 rings (SSSR count). The van der Waals surface area contributed by atoms with Crippen molar-refractivity contribution in [1.82, 2.24) is 9.78 Å². The van der Waals surface area contributed by atoms with Crippen molar-refractivity contribution in [2.75, 3.05) is 0 Å². The first-order valence-electron chi connectivity index (χ1n) is 6.44. The highest BCUT2D eigenvalue weighted by molar-refractivity contribution is 9.10. The van der Waals surface area contributed by atoms with Gasteiger partial charge < -0.3 is 0 Å². The summed E-state index contributed by atoms with van der Waals surface area (Å²) in [6, 6.07) is 20.9. The molecule has 0 amide bonds. The lowest BCUT2D eigenvalue weighted by Gasteiger charge is -2.05. The molecule has 0 aliphatic heterocycles. The van der Waals surface area contributed by atoms with Gasteiger partial charge in [0.2, 0.25) is 0 Å². The molecule has 0 radical (unpaired) electrons. The second-order valence-corrected chi connectivity index (χ2v) is 5.71. The molecule has 0 saturated carbocycles. The molecule has 4 aromatic rings. The average Bonchev–Trinajstić information content (AvgIpc) is 2.87. The summed E-state index contributed by atoms with van der Waals surface area (Å²) in [6.07, 6.45) is 1.92. The monoisotopic (exact) mass is 322 g/mol. The summed E-state index contributed by atoms with van der Waals surface area (Å²) in [6.45, 7) is 0. The van der Waals surface area contributed by atoms with Gasteiger partial charge in [-0.25, -0.2) is 4.68 Å². The molecule has 2 nitrogen and oxygen atoms in total. The Bertz CT molecular complexity index is 924. The van der Waals surface area contributed by atoms with E-state index in [4.69, 9.17) is 0 Å². The predicted molar refractivity (Wildman–Crippen MR) is 86.3 cm³/mol. The number of hydrogen-bond acceptors (Lipinski definition) is 1. The van der Waals surface area contributed by atoms with E-state index in [2.05, 4.69) is 69.6 Å². The Kier molecular flexibility index (Phi) is 2.60. The minimum Gasteiger partial charge on any atom is -0.233 e. The van der Waals surface area contributed by atoms with Crippen molar-refractivity contribution in [2.24, 2.45) is 0 Å². The summed E-state index contributed by atoms with van der Waals surface area (Å²) in [7, 11) is 0.